The van der Waals surface area contributed by atoms with Crippen molar-refractivity contribution in [2.75, 3.05) is 24.9 Å². The summed E-state index contributed by atoms with van der Waals surface area (Å²) < 4.78 is 10.8. The number of thioether (sulfide) groups is 1. The van der Waals surface area contributed by atoms with Gasteiger partial charge in [-0.1, -0.05) is 78.9 Å². The van der Waals surface area contributed by atoms with Crippen LogP contribution in [0, 0.1) is 13.8 Å². The van der Waals surface area contributed by atoms with Crippen molar-refractivity contribution in [1.29, 1.82) is 0 Å². The Labute approximate surface area is 290 Å². The highest BCUT2D eigenvalue weighted by Crippen LogP contribution is 2.38. The Balaban J connectivity index is 1.41. The second kappa shape index (κ2) is 16.3. The molecule has 0 bridgehead atoms. The van der Waals surface area contributed by atoms with Gasteiger partial charge in [0.1, 0.15) is 10.9 Å². The van der Waals surface area contributed by atoms with Gasteiger partial charge in [-0.2, -0.15) is 0 Å². The summed E-state index contributed by atoms with van der Waals surface area (Å²) in [5.74, 6) is -0.123. The third kappa shape index (κ3) is 8.97. The van der Waals surface area contributed by atoms with Crippen molar-refractivity contribution in [3.63, 3.8) is 0 Å². The van der Waals surface area contributed by atoms with Crippen molar-refractivity contribution in [1.82, 2.24) is 5.32 Å². The van der Waals surface area contributed by atoms with Crippen LogP contribution < -0.4 is 25.4 Å². The molecule has 0 aliphatic rings. The molecule has 0 aromatic heterocycles. The molecule has 3 N–H and O–H groups in total. The molecule has 0 saturated carbocycles. The second-order valence-corrected chi connectivity index (χ2v) is 12.3. The molecule has 0 aliphatic carbocycles. The predicted octanol–water partition coefficient (Wildman–Crippen LogP) is 8.20. The molecule has 8 nitrogen and oxygen atoms in total. The molecule has 9 heteroatoms. The Morgan fingerprint density at radius 3 is 2.02 bits per heavy atom. The lowest BCUT2D eigenvalue weighted by atomic mass is 10.1. The van der Waals surface area contributed by atoms with Crippen LogP contribution in [0.25, 0.3) is 6.08 Å². The van der Waals surface area contributed by atoms with Crippen LogP contribution in [-0.4, -0.2) is 31.9 Å². The first-order valence-corrected chi connectivity index (χ1v) is 16.4. The molecule has 0 radical (unpaired) electrons. The average molecular weight is 672 g/mol. The van der Waals surface area contributed by atoms with Crippen LogP contribution in [0.4, 0.5) is 11.4 Å². The molecule has 3 amide bonds. The Morgan fingerprint density at radius 1 is 0.694 bits per heavy atom. The molecule has 5 aromatic rings. The summed E-state index contributed by atoms with van der Waals surface area (Å²) in [7, 11) is 3.06. The van der Waals surface area contributed by atoms with Crippen molar-refractivity contribution in [3.05, 3.63) is 155 Å². The van der Waals surface area contributed by atoms with Gasteiger partial charge in [0.05, 0.1) is 14.2 Å². The third-order valence-corrected chi connectivity index (χ3v) is 8.91. The number of carbonyl (C=O) groups excluding carboxylic acids is 3. The quantitative estimate of drug-likeness (QED) is 0.0913. The van der Waals surface area contributed by atoms with Gasteiger partial charge in [0.15, 0.2) is 11.5 Å². The number of hydrogen-bond donors (Lipinski definition) is 3. The summed E-state index contributed by atoms with van der Waals surface area (Å²) in [5.41, 5.74) is 5.12. The summed E-state index contributed by atoms with van der Waals surface area (Å²) in [6.45, 7) is 3.94. The zero-order valence-corrected chi connectivity index (χ0v) is 28.5. The molecule has 0 aliphatic heterocycles. The third-order valence-electron chi connectivity index (χ3n) is 7.66. The van der Waals surface area contributed by atoms with Gasteiger partial charge in [-0.25, -0.2) is 0 Å². The Kier molecular flexibility index (Phi) is 11.5. The monoisotopic (exact) mass is 671 g/mol. The topological polar surface area (TPSA) is 106 Å². The molecule has 1 unspecified atom stereocenters. The van der Waals surface area contributed by atoms with Crippen molar-refractivity contribution >= 4 is 46.9 Å². The Bertz CT molecular complexity index is 1960. The number of nitrogens with one attached hydrogen (secondary N) is 3. The largest absolute Gasteiger partial charge is 0.493 e. The van der Waals surface area contributed by atoms with Crippen molar-refractivity contribution < 1.29 is 23.9 Å². The summed E-state index contributed by atoms with van der Waals surface area (Å²) in [6.07, 6.45) is 1.57. The summed E-state index contributed by atoms with van der Waals surface area (Å²) in [4.78, 5) is 41.5. The van der Waals surface area contributed by atoms with Crippen LogP contribution in [0.5, 0.6) is 11.5 Å². The lowest BCUT2D eigenvalue weighted by Crippen LogP contribution is -2.30. The lowest BCUT2D eigenvalue weighted by molar-refractivity contribution is -0.116. The van der Waals surface area contributed by atoms with Crippen LogP contribution in [0.2, 0.25) is 0 Å². The van der Waals surface area contributed by atoms with E-state index in [9.17, 15) is 14.4 Å². The molecule has 248 valence electrons. The number of methoxy groups -OCH3 is 2. The smallest absolute Gasteiger partial charge is 0.272 e. The maximum Gasteiger partial charge on any atom is 0.272 e. The maximum atomic E-state index is 13.8. The van der Waals surface area contributed by atoms with E-state index in [-0.39, 0.29) is 11.6 Å². The van der Waals surface area contributed by atoms with Crippen LogP contribution in [0.15, 0.2) is 132 Å². The van der Waals surface area contributed by atoms with Gasteiger partial charge < -0.3 is 25.4 Å². The van der Waals surface area contributed by atoms with E-state index in [1.165, 1.54) is 18.9 Å². The van der Waals surface area contributed by atoms with Crippen molar-refractivity contribution in [2.24, 2.45) is 0 Å². The summed E-state index contributed by atoms with van der Waals surface area (Å²) in [6, 6.07) is 36.6. The highest BCUT2D eigenvalue weighted by atomic mass is 32.2. The minimum Gasteiger partial charge on any atom is -0.493 e. The Hall–Kier alpha value is -5.80. The van der Waals surface area contributed by atoms with E-state index >= 15 is 0 Å². The first-order chi connectivity index (χ1) is 23.7. The van der Waals surface area contributed by atoms with E-state index in [0.717, 1.165) is 27.3 Å². The van der Waals surface area contributed by atoms with Crippen LogP contribution in [0.3, 0.4) is 0 Å². The Morgan fingerprint density at radius 2 is 1.35 bits per heavy atom. The molecular weight excluding hydrogens is 635 g/mol. The normalized spacial score (nSPS) is 11.6. The number of hydrogen-bond acceptors (Lipinski definition) is 6. The van der Waals surface area contributed by atoms with E-state index in [2.05, 4.69) is 16.0 Å². The number of rotatable bonds is 12. The first kappa shape index (κ1) is 34.5. The van der Waals surface area contributed by atoms with Crippen LogP contribution >= 0.6 is 11.8 Å². The molecular formula is C40H37N3O5S. The molecule has 0 saturated heterocycles. The average Bonchev–Trinajstić information content (AvgIpc) is 3.12. The minimum absolute atomic E-state index is 0.0225. The minimum atomic E-state index is -0.572. The highest BCUT2D eigenvalue weighted by molar-refractivity contribution is 8.00. The van der Waals surface area contributed by atoms with Gasteiger partial charge in [0.2, 0.25) is 5.91 Å². The fraction of sp³-hybridized carbons (Fsp3) is 0.125. The fourth-order valence-corrected chi connectivity index (χ4v) is 6.22. The van der Waals surface area contributed by atoms with E-state index in [1.807, 2.05) is 80.6 Å². The predicted molar refractivity (Wildman–Crippen MR) is 196 cm³/mol. The molecule has 1 atom stereocenters. The second-order valence-electron chi connectivity index (χ2n) is 11.1. The molecule has 0 spiro atoms. The van der Waals surface area contributed by atoms with E-state index < -0.39 is 17.1 Å². The molecule has 5 aromatic carbocycles. The SMILES string of the molecule is COc1ccc(/C=C(/NC(=O)c2ccccc2)C(=O)Nc2cccc(SC(C(=O)Nc3c(C)cccc3C)c3ccccc3)c2)cc1OC. The van der Waals surface area contributed by atoms with Gasteiger partial charge in [-0.05, 0) is 84.6 Å². The summed E-state index contributed by atoms with van der Waals surface area (Å²) >= 11 is 1.38. The van der Waals surface area contributed by atoms with E-state index in [1.54, 1.807) is 67.8 Å². The van der Waals surface area contributed by atoms with Gasteiger partial charge in [0, 0.05) is 21.8 Å². The fourth-order valence-electron chi connectivity index (χ4n) is 5.13. The number of para-hydroxylation sites is 1. The van der Waals surface area contributed by atoms with Crippen LogP contribution in [-0.2, 0) is 9.59 Å². The number of carbonyl (C=O) groups is 3. The van der Waals surface area contributed by atoms with Gasteiger partial charge in [-0.3, -0.25) is 14.4 Å². The number of aryl methyl sites for hydroxylation is 2. The molecule has 0 heterocycles. The van der Waals surface area contributed by atoms with Gasteiger partial charge >= 0.3 is 0 Å². The molecule has 0 fully saturated rings. The zero-order valence-electron chi connectivity index (χ0n) is 27.7. The van der Waals surface area contributed by atoms with Crippen molar-refractivity contribution in [2.45, 2.75) is 24.0 Å². The zero-order chi connectivity index (χ0) is 34.8. The van der Waals surface area contributed by atoms with E-state index in [0.29, 0.717) is 28.3 Å². The molecule has 49 heavy (non-hydrogen) atoms. The highest BCUT2D eigenvalue weighted by Gasteiger charge is 2.24. The summed E-state index contributed by atoms with van der Waals surface area (Å²) in [5, 5.41) is 8.24. The van der Waals surface area contributed by atoms with Crippen LogP contribution in [0.1, 0.15) is 37.9 Å². The first-order valence-electron chi connectivity index (χ1n) is 15.6. The van der Waals surface area contributed by atoms with Gasteiger partial charge in [0.25, 0.3) is 11.8 Å². The number of anilines is 2. The maximum absolute atomic E-state index is 13.8. The number of amides is 3. The number of ether oxygens (including phenoxy) is 2. The molecule has 5 rings (SSSR count). The van der Waals surface area contributed by atoms with Gasteiger partial charge in [-0.15, -0.1) is 11.8 Å². The van der Waals surface area contributed by atoms with E-state index in [4.69, 9.17) is 9.47 Å². The lowest BCUT2D eigenvalue weighted by Gasteiger charge is -2.19. The van der Waals surface area contributed by atoms with Crippen molar-refractivity contribution in [3.8, 4) is 11.5 Å². The standard InChI is InChI=1S/C40H37N3O5S/c1-26-13-11-14-27(2)36(26)43-40(46)37(29-15-7-5-8-16-29)49-32-20-12-19-31(25-32)41-39(45)33(42-38(44)30-17-9-6-10-18-30)23-28-21-22-34(47-3)35(24-28)48-4/h5-25,37H,1-4H3,(H,41,45)(H,42,44)(H,43,46)/b33-23+. The number of benzene rings is 5.